The number of rotatable bonds is 10. The van der Waals surface area contributed by atoms with Gasteiger partial charge in [0.2, 0.25) is 0 Å². The van der Waals surface area contributed by atoms with Crippen molar-refractivity contribution in [3.05, 3.63) is 199 Å². The first-order valence-corrected chi connectivity index (χ1v) is 22.5. The molecule has 0 amide bonds. The minimum Gasteiger partial charge on any atom is -0.494 e. The number of unbranched alkanes of at least 4 members (excludes halogenated alkanes) is 3. The summed E-state index contributed by atoms with van der Waals surface area (Å²) in [5, 5.41) is 10.1. The van der Waals surface area contributed by atoms with Crippen LogP contribution >= 0.6 is 0 Å². The fourth-order valence-corrected chi connectivity index (χ4v) is 10.6. The highest BCUT2D eigenvalue weighted by atomic mass is 16.5. The van der Waals surface area contributed by atoms with E-state index in [2.05, 4.69) is 209 Å². The van der Waals surface area contributed by atoms with Gasteiger partial charge in [-0.3, -0.25) is 0 Å². The van der Waals surface area contributed by atoms with Gasteiger partial charge in [-0.05, 0) is 134 Å². The van der Waals surface area contributed by atoms with Gasteiger partial charge in [0.1, 0.15) is 5.75 Å². The van der Waals surface area contributed by atoms with Gasteiger partial charge in [-0.15, -0.1) is 0 Å². The van der Waals surface area contributed by atoms with Crippen LogP contribution in [0.15, 0.2) is 188 Å². The smallest absolute Gasteiger partial charge is 0.119 e. The first-order valence-electron chi connectivity index (χ1n) is 22.5. The molecule has 0 N–H and O–H groups in total. The van der Waals surface area contributed by atoms with Gasteiger partial charge in [0.05, 0.1) is 6.61 Å². The molecule has 10 aromatic carbocycles. The predicted molar refractivity (Wildman–Crippen MR) is 265 cm³/mol. The molecule has 0 spiro atoms. The van der Waals surface area contributed by atoms with Gasteiger partial charge in [-0.1, -0.05) is 210 Å². The van der Waals surface area contributed by atoms with E-state index >= 15 is 0 Å². The van der Waals surface area contributed by atoms with Crippen LogP contribution in [0.4, 0.5) is 0 Å². The number of ether oxygens (including phenoxy) is 1. The summed E-state index contributed by atoms with van der Waals surface area (Å²) in [7, 11) is 0. The van der Waals surface area contributed by atoms with Crippen LogP contribution in [-0.4, -0.2) is 6.61 Å². The molecule has 0 fully saturated rings. The van der Waals surface area contributed by atoms with E-state index < -0.39 is 0 Å². The molecule has 0 bridgehead atoms. The Morgan fingerprint density at radius 2 is 0.758 bits per heavy atom. The Morgan fingerprint density at radius 3 is 1.27 bits per heavy atom. The largest absolute Gasteiger partial charge is 0.494 e. The summed E-state index contributed by atoms with van der Waals surface area (Å²) in [6.45, 7) is 7.77. The average Bonchev–Trinajstić information content (AvgIpc) is 3.55. The van der Waals surface area contributed by atoms with Crippen molar-refractivity contribution in [1.29, 1.82) is 0 Å². The third kappa shape index (κ3) is 6.21. The molecule has 0 saturated heterocycles. The van der Waals surface area contributed by atoms with Crippen LogP contribution in [0.1, 0.15) is 57.6 Å². The number of hydrogen-bond donors (Lipinski definition) is 0. The highest BCUT2D eigenvalue weighted by Crippen LogP contribution is 2.53. The van der Waals surface area contributed by atoms with E-state index in [4.69, 9.17) is 4.74 Å². The van der Waals surface area contributed by atoms with Crippen molar-refractivity contribution in [1.82, 2.24) is 0 Å². The summed E-state index contributed by atoms with van der Waals surface area (Å²) in [6, 6.07) is 70.1. The Labute approximate surface area is 365 Å². The fourth-order valence-electron chi connectivity index (χ4n) is 10.6. The molecule has 0 radical (unpaired) electrons. The van der Waals surface area contributed by atoms with Crippen molar-refractivity contribution in [2.75, 3.05) is 6.61 Å². The summed E-state index contributed by atoms with van der Waals surface area (Å²) >= 11 is 0. The first kappa shape index (κ1) is 38.0. The number of hydrogen-bond acceptors (Lipinski definition) is 1. The Kier molecular flexibility index (Phi) is 9.50. The molecule has 1 aliphatic rings. The molecule has 0 aromatic heterocycles. The topological polar surface area (TPSA) is 9.23 Å². The van der Waals surface area contributed by atoms with Crippen LogP contribution in [0.5, 0.6) is 5.75 Å². The first-order chi connectivity index (χ1) is 30.5. The lowest BCUT2D eigenvalue weighted by atomic mass is 9.79. The zero-order chi connectivity index (χ0) is 41.8. The summed E-state index contributed by atoms with van der Waals surface area (Å²) in [6.07, 6.45) is 4.83. The Bertz CT molecular complexity index is 3200. The molecule has 0 aliphatic heterocycles. The second-order valence-electron chi connectivity index (χ2n) is 17.6. The lowest BCUT2D eigenvalue weighted by molar-refractivity contribution is 0.305. The maximum atomic E-state index is 6.05. The van der Waals surface area contributed by atoms with E-state index in [1.165, 1.54) is 129 Å². The van der Waals surface area contributed by atoms with Gasteiger partial charge in [0.25, 0.3) is 0 Å². The zero-order valence-corrected chi connectivity index (χ0v) is 35.8. The van der Waals surface area contributed by atoms with Gasteiger partial charge < -0.3 is 4.74 Å². The SMILES string of the molecule is CCCCCCOc1ccc(-c2ccc(-c3c4ccccc4c(-c4c5ccccc5c(-c5ccc6c(c5)C(C)(C)c5ccccc5-6)c5ccccc45)c4ccccc34)cc2)cc1. The van der Waals surface area contributed by atoms with Crippen molar-refractivity contribution in [2.45, 2.75) is 51.9 Å². The van der Waals surface area contributed by atoms with E-state index in [0.717, 1.165) is 18.8 Å². The molecule has 1 heteroatoms. The molecule has 0 saturated carbocycles. The maximum absolute atomic E-state index is 6.05. The van der Waals surface area contributed by atoms with Crippen LogP contribution in [0, 0.1) is 0 Å². The quantitative estimate of drug-likeness (QED) is 0.0989. The molecule has 11 rings (SSSR count). The summed E-state index contributed by atoms with van der Waals surface area (Å²) in [5.41, 5.74) is 15.4. The standard InChI is InChI=1S/C61H50O/c1-4-5-6-17-38-62-44-35-32-41(33-36-44)40-28-30-42(31-29-40)57-47-19-7-11-23-51(47)59(52-24-12-8-20-48(52)57)60-53-25-13-9-21-49(53)58(50-22-10-14-26-54(50)60)43-34-37-46-45-18-15-16-27-55(45)61(2,3)56(46)39-43/h7-16,18-37,39H,4-6,17,38H2,1-3H3. The Hall–Kier alpha value is -6.96. The van der Waals surface area contributed by atoms with Crippen LogP contribution in [0.2, 0.25) is 0 Å². The monoisotopic (exact) mass is 798 g/mol. The normalized spacial score (nSPS) is 12.9. The van der Waals surface area contributed by atoms with E-state index in [0.29, 0.717) is 0 Å². The minimum atomic E-state index is -0.0820. The van der Waals surface area contributed by atoms with Crippen molar-refractivity contribution < 1.29 is 4.74 Å². The summed E-state index contributed by atoms with van der Waals surface area (Å²) < 4.78 is 6.05. The van der Waals surface area contributed by atoms with Crippen LogP contribution < -0.4 is 4.74 Å². The van der Waals surface area contributed by atoms with Gasteiger partial charge in [0.15, 0.2) is 0 Å². The molecule has 10 aromatic rings. The summed E-state index contributed by atoms with van der Waals surface area (Å²) in [4.78, 5) is 0. The van der Waals surface area contributed by atoms with Crippen LogP contribution in [0.25, 0.3) is 98.7 Å². The van der Waals surface area contributed by atoms with Crippen molar-refractivity contribution in [3.8, 4) is 61.4 Å². The molecule has 300 valence electrons. The van der Waals surface area contributed by atoms with Crippen molar-refractivity contribution in [2.24, 2.45) is 0 Å². The lowest BCUT2D eigenvalue weighted by Gasteiger charge is -2.24. The zero-order valence-electron chi connectivity index (χ0n) is 35.8. The molecule has 0 atom stereocenters. The van der Waals surface area contributed by atoms with E-state index in [-0.39, 0.29) is 5.41 Å². The predicted octanol–water partition coefficient (Wildman–Crippen LogP) is 17.2. The fraction of sp³-hybridized carbons (Fsp3) is 0.148. The van der Waals surface area contributed by atoms with E-state index in [1.54, 1.807) is 0 Å². The lowest BCUT2D eigenvalue weighted by Crippen LogP contribution is -2.14. The molecule has 0 heterocycles. The molecular weight excluding hydrogens is 749 g/mol. The third-order valence-corrected chi connectivity index (χ3v) is 13.6. The third-order valence-electron chi connectivity index (χ3n) is 13.6. The highest BCUT2D eigenvalue weighted by Gasteiger charge is 2.35. The Balaban J connectivity index is 1.06. The highest BCUT2D eigenvalue weighted by molar-refractivity contribution is 6.30. The Morgan fingerprint density at radius 1 is 0.355 bits per heavy atom. The van der Waals surface area contributed by atoms with Gasteiger partial charge in [0, 0.05) is 5.41 Å². The minimum absolute atomic E-state index is 0.0820. The maximum Gasteiger partial charge on any atom is 0.119 e. The molecule has 1 nitrogen and oxygen atoms in total. The average molecular weight is 799 g/mol. The van der Waals surface area contributed by atoms with Crippen molar-refractivity contribution in [3.63, 3.8) is 0 Å². The molecule has 1 aliphatic carbocycles. The van der Waals surface area contributed by atoms with Crippen LogP contribution in [0.3, 0.4) is 0 Å². The van der Waals surface area contributed by atoms with Crippen molar-refractivity contribution >= 4 is 43.1 Å². The number of fused-ring (bicyclic) bond motifs is 7. The van der Waals surface area contributed by atoms with E-state index in [9.17, 15) is 0 Å². The van der Waals surface area contributed by atoms with Gasteiger partial charge >= 0.3 is 0 Å². The number of benzene rings is 10. The molecular formula is C61H50O. The van der Waals surface area contributed by atoms with Gasteiger partial charge in [-0.2, -0.15) is 0 Å². The summed E-state index contributed by atoms with van der Waals surface area (Å²) in [5.74, 6) is 0.939. The van der Waals surface area contributed by atoms with E-state index in [1.807, 2.05) is 0 Å². The second kappa shape index (κ2) is 15.5. The molecule has 62 heavy (non-hydrogen) atoms. The van der Waals surface area contributed by atoms with Gasteiger partial charge in [-0.25, -0.2) is 0 Å². The second-order valence-corrected chi connectivity index (χ2v) is 17.6. The molecule has 0 unspecified atom stereocenters. The van der Waals surface area contributed by atoms with Crippen LogP contribution in [-0.2, 0) is 5.41 Å².